The maximum atomic E-state index is 13.4. The van der Waals surface area contributed by atoms with Crippen molar-refractivity contribution in [3.63, 3.8) is 0 Å². The number of amides is 2. The van der Waals surface area contributed by atoms with E-state index in [2.05, 4.69) is 35.9 Å². The Hall–Kier alpha value is -3.04. The molecule has 0 bridgehead atoms. The van der Waals surface area contributed by atoms with Gasteiger partial charge >= 0.3 is 0 Å². The molecular formula is C28H35N5O3S. The fourth-order valence-corrected chi connectivity index (χ4v) is 6.79. The summed E-state index contributed by atoms with van der Waals surface area (Å²) in [5.41, 5.74) is 1.68. The number of piperidine rings is 1. The van der Waals surface area contributed by atoms with Crippen LogP contribution in [0.2, 0.25) is 0 Å². The second kappa shape index (κ2) is 10.8. The third-order valence-electron chi connectivity index (χ3n) is 7.55. The highest BCUT2D eigenvalue weighted by Crippen LogP contribution is 2.28. The largest absolute Gasteiger partial charge is 0.341 e. The van der Waals surface area contributed by atoms with Crippen LogP contribution in [0.5, 0.6) is 0 Å². The molecule has 2 atom stereocenters. The number of fused-ring (bicyclic) bond motifs is 1. The number of hydrogen-bond donors (Lipinski definition) is 0. The highest BCUT2D eigenvalue weighted by Gasteiger charge is 2.28. The number of carbonyl (C=O) groups is 2. The number of thiophene rings is 1. The zero-order valence-electron chi connectivity index (χ0n) is 21.9. The molecule has 1 aromatic carbocycles. The first-order chi connectivity index (χ1) is 17.8. The van der Waals surface area contributed by atoms with Gasteiger partial charge in [0, 0.05) is 45.8 Å². The number of rotatable bonds is 5. The number of likely N-dealkylation sites (tertiary alicyclic amines) is 1. The molecule has 3 aromatic rings. The highest BCUT2D eigenvalue weighted by atomic mass is 32.1. The van der Waals surface area contributed by atoms with Crippen LogP contribution in [-0.4, -0.2) is 75.3 Å². The maximum absolute atomic E-state index is 13.4. The van der Waals surface area contributed by atoms with Crippen LogP contribution in [0.4, 0.5) is 0 Å². The van der Waals surface area contributed by atoms with E-state index < -0.39 is 0 Å². The van der Waals surface area contributed by atoms with Gasteiger partial charge < -0.3 is 9.80 Å². The average Bonchev–Trinajstić information content (AvgIpc) is 3.22. The van der Waals surface area contributed by atoms with E-state index in [4.69, 9.17) is 0 Å². The summed E-state index contributed by atoms with van der Waals surface area (Å²) >= 11 is 1.27. The van der Waals surface area contributed by atoms with E-state index in [0.29, 0.717) is 45.6 Å². The van der Waals surface area contributed by atoms with E-state index in [9.17, 15) is 14.4 Å². The van der Waals surface area contributed by atoms with E-state index in [1.165, 1.54) is 27.8 Å². The predicted molar refractivity (Wildman–Crippen MR) is 146 cm³/mol. The summed E-state index contributed by atoms with van der Waals surface area (Å²) in [6.07, 6.45) is 2.57. The molecule has 2 amide bonds. The smallest absolute Gasteiger partial charge is 0.264 e. The summed E-state index contributed by atoms with van der Waals surface area (Å²) in [5.74, 6) is 0.813. The molecule has 0 aliphatic carbocycles. The van der Waals surface area contributed by atoms with Crippen molar-refractivity contribution in [1.29, 1.82) is 0 Å². The van der Waals surface area contributed by atoms with Gasteiger partial charge in [0.25, 0.3) is 11.5 Å². The molecular weight excluding hydrogens is 486 g/mol. The molecule has 2 aliphatic heterocycles. The number of carbonyl (C=O) groups excluding carboxylic acids is 2. The van der Waals surface area contributed by atoms with Crippen molar-refractivity contribution >= 4 is 33.4 Å². The number of aromatic nitrogens is 2. The number of benzene rings is 1. The number of nitrogens with zero attached hydrogens (tertiary/aromatic N) is 5. The van der Waals surface area contributed by atoms with Gasteiger partial charge in [0.05, 0.1) is 16.6 Å². The molecule has 0 N–H and O–H groups in total. The molecule has 2 saturated heterocycles. The number of aryl methyl sites for hydroxylation is 1. The van der Waals surface area contributed by atoms with Crippen LogP contribution in [0.25, 0.3) is 10.2 Å². The Bertz CT molecular complexity index is 1330. The standard InChI is InChI=1S/C28H35N5O3S/c1-19-13-20(2)15-32(14-19)23(34)17-33-18-29-26-24(27(33)35)21(3)25(37-26)28(36)31-11-9-30(10-12-31)16-22-7-5-4-6-8-22/h4-8,18-20H,9-17H2,1-3H3. The molecule has 2 aromatic heterocycles. The molecule has 0 radical (unpaired) electrons. The van der Waals surface area contributed by atoms with Crippen molar-refractivity contribution in [1.82, 2.24) is 24.3 Å². The molecule has 0 spiro atoms. The van der Waals surface area contributed by atoms with Gasteiger partial charge in [-0.1, -0.05) is 44.2 Å². The average molecular weight is 522 g/mol. The summed E-state index contributed by atoms with van der Waals surface area (Å²) in [5, 5.41) is 0.451. The Labute approximate surface area is 221 Å². The first kappa shape index (κ1) is 25.6. The second-order valence-corrected chi connectivity index (χ2v) is 11.7. The first-order valence-electron chi connectivity index (χ1n) is 13.1. The van der Waals surface area contributed by atoms with Gasteiger partial charge in [-0.2, -0.15) is 0 Å². The van der Waals surface area contributed by atoms with Crippen LogP contribution in [0.15, 0.2) is 41.5 Å². The van der Waals surface area contributed by atoms with Crippen molar-refractivity contribution in [3.8, 4) is 0 Å². The molecule has 2 fully saturated rings. The van der Waals surface area contributed by atoms with Crippen molar-refractivity contribution in [3.05, 3.63) is 63.0 Å². The monoisotopic (exact) mass is 521 g/mol. The molecule has 0 saturated carbocycles. The summed E-state index contributed by atoms with van der Waals surface area (Å²) in [7, 11) is 0. The third-order valence-corrected chi connectivity index (χ3v) is 8.74. The fourth-order valence-electron chi connectivity index (χ4n) is 5.68. The number of hydrogen-bond acceptors (Lipinski definition) is 6. The van der Waals surface area contributed by atoms with Gasteiger partial charge in [-0.3, -0.25) is 23.9 Å². The first-order valence-corrected chi connectivity index (χ1v) is 13.9. The quantitative estimate of drug-likeness (QED) is 0.515. The molecule has 8 nitrogen and oxygen atoms in total. The van der Waals surface area contributed by atoms with Crippen LogP contribution >= 0.6 is 11.3 Å². The van der Waals surface area contributed by atoms with Crippen LogP contribution in [0, 0.1) is 18.8 Å². The van der Waals surface area contributed by atoms with Crippen LogP contribution in [0.3, 0.4) is 0 Å². The van der Waals surface area contributed by atoms with E-state index in [1.807, 2.05) is 34.9 Å². The minimum Gasteiger partial charge on any atom is -0.341 e. The van der Waals surface area contributed by atoms with Crippen LogP contribution in [0.1, 0.15) is 41.1 Å². The molecule has 37 heavy (non-hydrogen) atoms. The van der Waals surface area contributed by atoms with E-state index in [0.717, 1.165) is 39.1 Å². The highest BCUT2D eigenvalue weighted by molar-refractivity contribution is 7.20. The summed E-state index contributed by atoms with van der Waals surface area (Å²) in [4.78, 5) is 51.4. The minimum atomic E-state index is -0.253. The Kier molecular flexibility index (Phi) is 7.44. The summed E-state index contributed by atoms with van der Waals surface area (Å²) in [6.45, 7) is 11.4. The lowest BCUT2D eigenvalue weighted by atomic mass is 9.92. The van der Waals surface area contributed by atoms with Gasteiger partial charge in [-0.25, -0.2) is 4.98 Å². The van der Waals surface area contributed by atoms with Gasteiger partial charge in [-0.05, 0) is 36.3 Å². The lowest BCUT2D eigenvalue weighted by molar-refractivity contribution is -0.134. The zero-order valence-corrected chi connectivity index (χ0v) is 22.7. The van der Waals surface area contributed by atoms with Gasteiger partial charge in [0.15, 0.2) is 0 Å². The van der Waals surface area contributed by atoms with E-state index in [-0.39, 0.29) is 23.9 Å². The van der Waals surface area contributed by atoms with Crippen molar-refractivity contribution in [2.24, 2.45) is 11.8 Å². The molecule has 9 heteroatoms. The van der Waals surface area contributed by atoms with Crippen molar-refractivity contribution in [2.75, 3.05) is 39.3 Å². The third kappa shape index (κ3) is 5.48. The van der Waals surface area contributed by atoms with E-state index in [1.54, 1.807) is 0 Å². The summed E-state index contributed by atoms with van der Waals surface area (Å²) < 4.78 is 1.39. The second-order valence-electron chi connectivity index (χ2n) is 10.7. The Morgan fingerprint density at radius 2 is 1.68 bits per heavy atom. The molecule has 4 heterocycles. The lowest BCUT2D eigenvalue weighted by Crippen LogP contribution is -2.48. The Balaban J connectivity index is 1.28. The molecule has 2 unspecified atom stereocenters. The molecule has 5 rings (SSSR count). The van der Waals surface area contributed by atoms with Crippen LogP contribution in [-0.2, 0) is 17.9 Å². The fraction of sp³-hybridized carbons (Fsp3) is 0.500. The van der Waals surface area contributed by atoms with Gasteiger partial charge in [0.2, 0.25) is 5.91 Å². The SMILES string of the molecule is Cc1c(C(=O)N2CCN(Cc3ccccc3)CC2)sc2ncn(CC(=O)N3CC(C)CC(C)C3)c(=O)c12. The van der Waals surface area contributed by atoms with Crippen molar-refractivity contribution in [2.45, 2.75) is 40.3 Å². The Morgan fingerprint density at radius 1 is 1.00 bits per heavy atom. The number of piperazine rings is 1. The predicted octanol–water partition coefficient (Wildman–Crippen LogP) is 3.23. The van der Waals surface area contributed by atoms with Gasteiger partial charge in [0.1, 0.15) is 11.4 Å². The summed E-state index contributed by atoms with van der Waals surface area (Å²) in [6, 6.07) is 10.4. The lowest BCUT2D eigenvalue weighted by Gasteiger charge is -2.35. The van der Waals surface area contributed by atoms with E-state index >= 15 is 0 Å². The minimum absolute atomic E-state index is 0.0246. The van der Waals surface area contributed by atoms with Crippen molar-refractivity contribution < 1.29 is 9.59 Å². The topological polar surface area (TPSA) is 78.8 Å². The zero-order chi connectivity index (χ0) is 26.1. The normalized spacial score (nSPS) is 20.9. The maximum Gasteiger partial charge on any atom is 0.264 e. The van der Waals surface area contributed by atoms with Crippen LogP contribution < -0.4 is 5.56 Å². The molecule has 196 valence electrons. The molecule has 2 aliphatic rings. The Morgan fingerprint density at radius 3 is 2.35 bits per heavy atom. The van der Waals surface area contributed by atoms with Gasteiger partial charge in [-0.15, -0.1) is 11.3 Å².